The van der Waals surface area contributed by atoms with Gasteiger partial charge in [-0.05, 0) is 24.8 Å². The van der Waals surface area contributed by atoms with Gasteiger partial charge in [0.15, 0.2) is 0 Å². The molecule has 0 bridgehead atoms. The Balaban J connectivity index is 2.79. The van der Waals surface area contributed by atoms with Crippen molar-refractivity contribution < 1.29 is 9.90 Å². The first-order chi connectivity index (χ1) is 5.65. The van der Waals surface area contributed by atoms with Crippen molar-refractivity contribution in [2.24, 2.45) is 5.92 Å². The monoisotopic (exact) mass is 186 g/mol. The van der Waals surface area contributed by atoms with Crippen LogP contribution in [0.5, 0.6) is 0 Å². The number of allylic oxidation sites excluding steroid dienone is 3. The van der Waals surface area contributed by atoms with Gasteiger partial charge in [-0.25, -0.2) is 4.79 Å². The third-order valence-electron chi connectivity index (χ3n) is 2.07. The van der Waals surface area contributed by atoms with Gasteiger partial charge in [-0.2, -0.15) is 0 Å². The van der Waals surface area contributed by atoms with E-state index in [1.54, 1.807) is 12.2 Å². The lowest BCUT2D eigenvalue weighted by Gasteiger charge is -2.17. The summed E-state index contributed by atoms with van der Waals surface area (Å²) in [5, 5.41) is 9.46. The van der Waals surface area contributed by atoms with E-state index in [2.05, 4.69) is 0 Å². The van der Waals surface area contributed by atoms with Crippen LogP contribution >= 0.6 is 11.6 Å². The molecule has 1 atom stereocenters. The molecule has 1 aliphatic rings. The van der Waals surface area contributed by atoms with Gasteiger partial charge in [0.1, 0.15) is 0 Å². The zero-order chi connectivity index (χ0) is 9.14. The molecule has 3 heteroatoms. The summed E-state index contributed by atoms with van der Waals surface area (Å²) in [6, 6.07) is 0. The van der Waals surface area contributed by atoms with Crippen molar-refractivity contribution in [2.45, 2.75) is 19.8 Å². The molecule has 0 saturated heterocycles. The molecule has 0 heterocycles. The van der Waals surface area contributed by atoms with Gasteiger partial charge in [0.05, 0.1) is 0 Å². The fourth-order valence-electron chi connectivity index (χ4n) is 1.25. The van der Waals surface area contributed by atoms with Gasteiger partial charge in [-0.15, -0.1) is 0 Å². The number of carbonyl (C=O) groups is 1. The van der Waals surface area contributed by atoms with E-state index in [9.17, 15) is 4.79 Å². The van der Waals surface area contributed by atoms with Crippen molar-refractivity contribution in [1.29, 1.82) is 0 Å². The van der Waals surface area contributed by atoms with Crippen LogP contribution in [-0.2, 0) is 4.79 Å². The summed E-state index contributed by atoms with van der Waals surface area (Å²) in [7, 11) is 0. The maximum atomic E-state index is 10.6. The average Bonchev–Trinajstić information content (AvgIpc) is 2.05. The molecule has 1 unspecified atom stereocenters. The highest BCUT2D eigenvalue weighted by Crippen LogP contribution is 2.30. The van der Waals surface area contributed by atoms with E-state index in [4.69, 9.17) is 16.7 Å². The second kappa shape index (κ2) is 3.76. The van der Waals surface area contributed by atoms with Crippen molar-refractivity contribution in [3.05, 3.63) is 22.8 Å². The van der Waals surface area contributed by atoms with Crippen LogP contribution in [0.4, 0.5) is 0 Å². The second-order valence-electron chi connectivity index (χ2n) is 2.86. The highest BCUT2D eigenvalue weighted by Gasteiger charge is 2.19. The number of carboxylic acids is 1. The molecule has 0 aromatic heterocycles. The van der Waals surface area contributed by atoms with Crippen LogP contribution in [0.1, 0.15) is 19.8 Å². The quantitative estimate of drug-likeness (QED) is 0.720. The fourth-order valence-corrected chi connectivity index (χ4v) is 1.54. The Morgan fingerprint density at radius 1 is 1.75 bits per heavy atom. The number of hydrogen-bond acceptors (Lipinski definition) is 1. The van der Waals surface area contributed by atoms with E-state index >= 15 is 0 Å². The minimum absolute atomic E-state index is 0.197. The molecule has 0 fully saturated rings. The van der Waals surface area contributed by atoms with E-state index in [-0.39, 0.29) is 5.92 Å². The van der Waals surface area contributed by atoms with E-state index in [1.807, 2.05) is 6.92 Å². The topological polar surface area (TPSA) is 37.3 Å². The van der Waals surface area contributed by atoms with Gasteiger partial charge in [0, 0.05) is 10.6 Å². The normalized spacial score (nSPS) is 23.0. The fraction of sp³-hybridized carbons (Fsp3) is 0.444. The van der Waals surface area contributed by atoms with Crippen molar-refractivity contribution >= 4 is 17.6 Å². The minimum Gasteiger partial charge on any atom is -0.478 e. The first-order valence-electron chi connectivity index (χ1n) is 3.94. The molecular formula is C9H11ClO2. The Morgan fingerprint density at radius 3 is 2.92 bits per heavy atom. The molecule has 12 heavy (non-hydrogen) atoms. The smallest absolute Gasteiger partial charge is 0.331 e. The van der Waals surface area contributed by atoms with E-state index in [0.29, 0.717) is 12.0 Å². The van der Waals surface area contributed by atoms with Gasteiger partial charge in [0.2, 0.25) is 0 Å². The van der Waals surface area contributed by atoms with E-state index < -0.39 is 5.97 Å². The Labute approximate surface area is 76.5 Å². The Morgan fingerprint density at radius 2 is 2.42 bits per heavy atom. The predicted octanol–water partition coefficient (Wildman–Crippen LogP) is 2.55. The van der Waals surface area contributed by atoms with Crippen LogP contribution < -0.4 is 0 Å². The van der Waals surface area contributed by atoms with Gasteiger partial charge < -0.3 is 5.11 Å². The summed E-state index contributed by atoms with van der Waals surface area (Å²) in [4.78, 5) is 10.6. The maximum Gasteiger partial charge on any atom is 0.331 e. The number of aliphatic carboxylic acids is 1. The first-order valence-corrected chi connectivity index (χ1v) is 4.32. The molecule has 0 aliphatic heterocycles. The Kier molecular flexibility index (Phi) is 2.93. The van der Waals surface area contributed by atoms with Crippen LogP contribution in [-0.4, -0.2) is 11.1 Å². The molecule has 1 rings (SSSR count). The van der Waals surface area contributed by atoms with Crippen LogP contribution in [0, 0.1) is 5.92 Å². The maximum absolute atomic E-state index is 10.6. The lowest BCUT2D eigenvalue weighted by Crippen LogP contribution is -2.10. The summed E-state index contributed by atoms with van der Waals surface area (Å²) in [5.41, 5.74) is 0.450. The standard InChI is InChI=1S/C9H11ClO2/c1-2-6-5-7(9(11)12)3-4-8(6)10/h3-4,6H,2,5H2,1H3,(H,11,12). The SMILES string of the molecule is CCC1CC(C(=O)O)=CC=C1Cl. The minimum atomic E-state index is -0.839. The molecule has 0 saturated carbocycles. The Hall–Kier alpha value is -0.760. The first kappa shape index (κ1) is 9.33. The van der Waals surface area contributed by atoms with Crippen molar-refractivity contribution in [3.8, 4) is 0 Å². The summed E-state index contributed by atoms with van der Waals surface area (Å²) in [6.07, 6.45) is 4.71. The number of hydrogen-bond donors (Lipinski definition) is 1. The van der Waals surface area contributed by atoms with Gasteiger partial charge in [-0.1, -0.05) is 24.6 Å². The van der Waals surface area contributed by atoms with Crippen LogP contribution in [0.15, 0.2) is 22.8 Å². The van der Waals surface area contributed by atoms with Gasteiger partial charge in [0.25, 0.3) is 0 Å². The molecule has 0 radical (unpaired) electrons. The lowest BCUT2D eigenvalue weighted by atomic mass is 9.92. The summed E-state index contributed by atoms with van der Waals surface area (Å²) >= 11 is 5.88. The molecule has 0 aromatic rings. The van der Waals surface area contributed by atoms with Crippen LogP contribution in [0.25, 0.3) is 0 Å². The highest BCUT2D eigenvalue weighted by atomic mass is 35.5. The van der Waals surface area contributed by atoms with Crippen molar-refractivity contribution in [2.75, 3.05) is 0 Å². The molecule has 1 aliphatic carbocycles. The molecular weight excluding hydrogens is 176 g/mol. The predicted molar refractivity (Wildman–Crippen MR) is 48.1 cm³/mol. The molecule has 2 nitrogen and oxygen atoms in total. The van der Waals surface area contributed by atoms with E-state index in [0.717, 1.165) is 11.5 Å². The summed E-state index contributed by atoms with van der Waals surface area (Å²) < 4.78 is 0. The largest absolute Gasteiger partial charge is 0.478 e. The second-order valence-corrected chi connectivity index (χ2v) is 3.29. The number of carboxylic acid groups (broad SMARTS) is 1. The third-order valence-corrected chi connectivity index (χ3v) is 2.50. The highest BCUT2D eigenvalue weighted by molar-refractivity contribution is 6.30. The van der Waals surface area contributed by atoms with Crippen molar-refractivity contribution in [3.63, 3.8) is 0 Å². The number of halogens is 1. The average molecular weight is 187 g/mol. The molecule has 0 amide bonds. The zero-order valence-electron chi connectivity index (χ0n) is 6.88. The molecule has 0 spiro atoms. The summed E-state index contributed by atoms with van der Waals surface area (Å²) in [5.74, 6) is -0.642. The van der Waals surface area contributed by atoms with Crippen molar-refractivity contribution in [1.82, 2.24) is 0 Å². The molecule has 0 aromatic carbocycles. The molecule has 66 valence electrons. The molecule has 1 N–H and O–H groups in total. The lowest BCUT2D eigenvalue weighted by molar-refractivity contribution is -0.132. The Bertz CT molecular complexity index is 253. The van der Waals surface area contributed by atoms with Gasteiger partial charge in [-0.3, -0.25) is 0 Å². The van der Waals surface area contributed by atoms with Crippen LogP contribution in [0.3, 0.4) is 0 Å². The zero-order valence-corrected chi connectivity index (χ0v) is 7.64. The van der Waals surface area contributed by atoms with E-state index in [1.165, 1.54) is 0 Å². The van der Waals surface area contributed by atoms with Crippen LogP contribution in [0.2, 0.25) is 0 Å². The van der Waals surface area contributed by atoms with Gasteiger partial charge >= 0.3 is 5.97 Å². The summed E-state index contributed by atoms with van der Waals surface area (Å²) in [6.45, 7) is 2.01. The number of rotatable bonds is 2. The third kappa shape index (κ3) is 1.89.